The number of hydrogen-bond acceptors (Lipinski definition) is 5. The van der Waals surface area contributed by atoms with Gasteiger partial charge in [-0.15, -0.1) is 11.3 Å². The molecule has 94 valence electrons. The molecule has 1 N–H and O–H groups in total. The Kier molecular flexibility index (Phi) is 3.88. The number of nitrogens with zero attached hydrogens (tertiary/aromatic N) is 3. The molecule has 2 heterocycles. The van der Waals surface area contributed by atoms with Crippen LogP contribution in [-0.4, -0.2) is 34.6 Å². The minimum Gasteiger partial charge on any atom is -0.481 e. The zero-order valence-corrected chi connectivity index (χ0v) is 10.7. The van der Waals surface area contributed by atoms with E-state index in [9.17, 15) is 4.79 Å². The third kappa shape index (κ3) is 3.04. The molecule has 6 heteroatoms. The van der Waals surface area contributed by atoms with Crippen molar-refractivity contribution in [2.45, 2.75) is 6.42 Å². The molecule has 0 fully saturated rings. The quantitative estimate of drug-likeness (QED) is 0.895. The number of carboxylic acid groups (broad SMARTS) is 1. The summed E-state index contributed by atoms with van der Waals surface area (Å²) in [5.74, 6) is 0.591. The molecule has 0 saturated carbocycles. The first-order valence-electron chi connectivity index (χ1n) is 5.46. The van der Waals surface area contributed by atoms with E-state index in [2.05, 4.69) is 9.97 Å². The molecule has 5 nitrogen and oxygen atoms in total. The van der Waals surface area contributed by atoms with E-state index in [-0.39, 0.29) is 6.42 Å². The van der Waals surface area contributed by atoms with Crippen LogP contribution in [0.1, 0.15) is 6.42 Å². The number of carbonyl (C=O) groups is 1. The van der Waals surface area contributed by atoms with Gasteiger partial charge in [-0.3, -0.25) is 4.79 Å². The first kappa shape index (κ1) is 12.5. The largest absolute Gasteiger partial charge is 0.481 e. The summed E-state index contributed by atoms with van der Waals surface area (Å²) in [6.07, 6.45) is 1.78. The Hall–Kier alpha value is -1.95. The fraction of sp³-hybridized carbons (Fsp3) is 0.250. The maximum Gasteiger partial charge on any atom is 0.305 e. The second-order valence-electron chi connectivity index (χ2n) is 3.78. The van der Waals surface area contributed by atoms with Crippen molar-refractivity contribution in [1.29, 1.82) is 0 Å². The van der Waals surface area contributed by atoms with Crippen molar-refractivity contribution >= 4 is 23.1 Å². The average molecular weight is 263 g/mol. The Morgan fingerprint density at radius 1 is 1.50 bits per heavy atom. The number of aromatic nitrogens is 2. The van der Waals surface area contributed by atoms with Crippen LogP contribution in [0.15, 0.2) is 29.8 Å². The van der Waals surface area contributed by atoms with Gasteiger partial charge in [-0.05, 0) is 17.5 Å². The molecule has 0 aliphatic carbocycles. The predicted molar refractivity (Wildman–Crippen MR) is 70.9 cm³/mol. The Balaban J connectivity index is 2.14. The van der Waals surface area contributed by atoms with Gasteiger partial charge in [0, 0.05) is 19.8 Å². The fourth-order valence-electron chi connectivity index (χ4n) is 1.46. The van der Waals surface area contributed by atoms with Gasteiger partial charge < -0.3 is 10.0 Å². The molecule has 2 aromatic heterocycles. The van der Waals surface area contributed by atoms with E-state index in [0.29, 0.717) is 12.4 Å². The van der Waals surface area contributed by atoms with Crippen molar-refractivity contribution in [2.24, 2.45) is 0 Å². The second-order valence-corrected chi connectivity index (χ2v) is 4.73. The molecule has 0 aliphatic rings. The standard InChI is InChI=1S/C12H13N3O2S/c1-15(7-5-11(16)17)10-4-6-13-12(14-10)9-3-2-8-18-9/h2-4,6,8H,5,7H2,1H3,(H,16,17). The lowest BCUT2D eigenvalue weighted by Crippen LogP contribution is -2.22. The van der Waals surface area contributed by atoms with Crippen molar-refractivity contribution < 1.29 is 9.90 Å². The molecule has 0 spiro atoms. The highest BCUT2D eigenvalue weighted by molar-refractivity contribution is 7.13. The van der Waals surface area contributed by atoms with Crippen LogP contribution in [0, 0.1) is 0 Å². The van der Waals surface area contributed by atoms with Crippen molar-refractivity contribution in [1.82, 2.24) is 9.97 Å². The summed E-state index contributed by atoms with van der Waals surface area (Å²) < 4.78 is 0. The molecule has 0 radical (unpaired) electrons. The number of rotatable bonds is 5. The van der Waals surface area contributed by atoms with Crippen LogP contribution in [0.2, 0.25) is 0 Å². The summed E-state index contributed by atoms with van der Waals surface area (Å²) in [4.78, 5) is 22.0. The van der Waals surface area contributed by atoms with E-state index in [4.69, 9.17) is 5.11 Å². The maximum absolute atomic E-state index is 10.5. The molecule has 0 unspecified atom stereocenters. The van der Waals surface area contributed by atoms with Crippen LogP contribution >= 0.6 is 11.3 Å². The molecule has 18 heavy (non-hydrogen) atoms. The highest BCUT2D eigenvalue weighted by Gasteiger charge is 2.08. The zero-order valence-electron chi connectivity index (χ0n) is 9.91. The van der Waals surface area contributed by atoms with Crippen molar-refractivity contribution in [3.63, 3.8) is 0 Å². The first-order chi connectivity index (χ1) is 8.66. The molecule has 0 atom stereocenters. The summed E-state index contributed by atoms with van der Waals surface area (Å²) in [7, 11) is 1.82. The van der Waals surface area contributed by atoms with Gasteiger partial charge in [0.25, 0.3) is 0 Å². The smallest absolute Gasteiger partial charge is 0.305 e. The van der Waals surface area contributed by atoms with Gasteiger partial charge in [-0.2, -0.15) is 0 Å². The zero-order chi connectivity index (χ0) is 13.0. The van der Waals surface area contributed by atoms with Gasteiger partial charge in [-0.25, -0.2) is 9.97 Å². The Bertz CT molecular complexity index is 528. The highest BCUT2D eigenvalue weighted by atomic mass is 32.1. The molecule has 0 saturated heterocycles. The van der Waals surface area contributed by atoms with Crippen LogP contribution in [-0.2, 0) is 4.79 Å². The van der Waals surface area contributed by atoms with Gasteiger partial charge in [0.05, 0.1) is 11.3 Å². The SMILES string of the molecule is CN(CCC(=O)O)c1ccnc(-c2cccs2)n1. The number of carboxylic acids is 1. The molecule has 0 amide bonds. The summed E-state index contributed by atoms with van der Waals surface area (Å²) in [5, 5.41) is 10.6. The summed E-state index contributed by atoms with van der Waals surface area (Å²) in [5.41, 5.74) is 0. The number of thiophene rings is 1. The predicted octanol–water partition coefficient (Wildman–Crippen LogP) is 2.12. The lowest BCUT2D eigenvalue weighted by molar-refractivity contribution is -0.136. The molecule has 2 rings (SSSR count). The van der Waals surface area contributed by atoms with E-state index in [1.807, 2.05) is 29.5 Å². The minimum absolute atomic E-state index is 0.0921. The lowest BCUT2D eigenvalue weighted by atomic mass is 10.4. The first-order valence-corrected chi connectivity index (χ1v) is 6.34. The van der Waals surface area contributed by atoms with E-state index < -0.39 is 5.97 Å². The summed E-state index contributed by atoms with van der Waals surface area (Å²) >= 11 is 1.58. The third-order valence-corrected chi connectivity index (χ3v) is 3.30. The molecule has 0 bridgehead atoms. The molecule has 2 aromatic rings. The van der Waals surface area contributed by atoms with Gasteiger partial charge >= 0.3 is 5.97 Å². The minimum atomic E-state index is -0.811. The Labute approximate surface area is 109 Å². The highest BCUT2D eigenvalue weighted by Crippen LogP contribution is 2.22. The molecule has 0 aromatic carbocycles. The van der Waals surface area contributed by atoms with Crippen molar-refractivity contribution in [2.75, 3.05) is 18.5 Å². The van der Waals surface area contributed by atoms with Gasteiger partial charge in [-0.1, -0.05) is 6.07 Å². The Morgan fingerprint density at radius 2 is 2.33 bits per heavy atom. The average Bonchev–Trinajstić information content (AvgIpc) is 2.90. The van der Waals surface area contributed by atoms with Crippen LogP contribution in [0.4, 0.5) is 5.82 Å². The molecular formula is C12H13N3O2S. The van der Waals surface area contributed by atoms with Crippen molar-refractivity contribution in [3.05, 3.63) is 29.8 Å². The van der Waals surface area contributed by atoms with E-state index in [0.717, 1.165) is 10.7 Å². The van der Waals surface area contributed by atoms with Gasteiger partial charge in [0.2, 0.25) is 0 Å². The number of anilines is 1. The topological polar surface area (TPSA) is 66.3 Å². The summed E-state index contributed by atoms with van der Waals surface area (Å²) in [6.45, 7) is 0.427. The van der Waals surface area contributed by atoms with Gasteiger partial charge in [0.15, 0.2) is 5.82 Å². The van der Waals surface area contributed by atoms with E-state index in [1.165, 1.54) is 0 Å². The normalized spacial score (nSPS) is 10.3. The van der Waals surface area contributed by atoms with Crippen LogP contribution in [0.25, 0.3) is 10.7 Å². The fourth-order valence-corrected chi connectivity index (χ4v) is 2.13. The van der Waals surface area contributed by atoms with Crippen molar-refractivity contribution in [3.8, 4) is 10.7 Å². The monoisotopic (exact) mass is 263 g/mol. The van der Waals surface area contributed by atoms with E-state index >= 15 is 0 Å². The summed E-state index contributed by atoms with van der Waals surface area (Å²) in [6, 6.07) is 5.68. The van der Waals surface area contributed by atoms with E-state index in [1.54, 1.807) is 23.6 Å². The van der Waals surface area contributed by atoms with Crippen LogP contribution in [0.3, 0.4) is 0 Å². The van der Waals surface area contributed by atoms with Crippen LogP contribution < -0.4 is 4.90 Å². The van der Waals surface area contributed by atoms with Crippen LogP contribution in [0.5, 0.6) is 0 Å². The number of aliphatic carboxylic acids is 1. The second kappa shape index (κ2) is 5.59. The molecular weight excluding hydrogens is 250 g/mol. The lowest BCUT2D eigenvalue weighted by Gasteiger charge is -2.16. The maximum atomic E-state index is 10.5. The molecule has 0 aliphatic heterocycles. The Morgan fingerprint density at radius 3 is 3.00 bits per heavy atom. The third-order valence-electron chi connectivity index (χ3n) is 2.43. The van der Waals surface area contributed by atoms with Gasteiger partial charge in [0.1, 0.15) is 5.82 Å². The number of hydrogen-bond donors (Lipinski definition) is 1.